The van der Waals surface area contributed by atoms with E-state index in [0.29, 0.717) is 0 Å². The van der Waals surface area contributed by atoms with E-state index in [4.69, 9.17) is 4.98 Å². The molecule has 1 saturated heterocycles. The molecule has 6 heteroatoms. The fourth-order valence-electron chi connectivity index (χ4n) is 2.89. The Hall–Kier alpha value is -1.82. The lowest BCUT2D eigenvalue weighted by atomic mass is 9.94. The second-order valence-corrected chi connectivity index (χ2v) is 8.21. The predicted molar refractivity (Wildman–Crippen MR) is 91.0 cm³/mol. The molecule has 23 heavy (non-hydrogen) atoms. The highest BCUT2D eigenvalue weighted by Gasteiger charge is 2.36. The molecule has 0 bridgehead atoms. The molecule has 1 unspecified atom stereocenters. The first kappa shape index (κ1) is 16.1. The molecular formula is C17H22N4OS. The number of aromatic nitrogens is 3. The number of rotatable bonds is 2. The molecule has 0 N–H and O–H groups in total. The summed E-state index contributed by atoms with van der Waals surface area (Å²) in [5.74, 6) is 0.181. The van der Waals surface area contributed by atoms with Gasteiger partial charge in [-0.25, -0.2) is 9.97 Å². The molecule has 1 fully saturated rings. The molecule has 1 aliphatic heterocycles. The molecule has 1 atom stereocenters. The van der Waals surface area contributed by atoms with Crippen molar-refractivity contribution in [1.29, 1.82) is 0 Å². The van der Waals surface area contributed by atoms with E-state index in [0.717, 1.165) is 40.7 Å². The van der Waals surface area contributed by atoms with Crippen molar-refractivity contribution >= 4 is 17.2 Å². The van der Waals surface area contributed by atoms with Crippen LogP contribution < -0.4 is 0 Å². The van der Waals surface area contributed by atoms with E-state index in [9.17, 15) is 4.79 Å². The Bertz CT molecular complexity index is 719. The summed E-state index contributed by atoms with van der Waals surface area (Å²) < 4.78 is 0. The van der Waals surface area contributed by atoms with Crippen LogP contribution in [-0.4, -0.2) is 32.3 Å². The van der Waals surface area contributed by atoms with Gasteiger partial charge in [0.1, 0.15) is 5.69 Å². The minimum Gasteiger partial charge on any atom is -0.334 e. The first-order valence-corrected chi connectivity index (χ1v) is 8.74. The Balaban J connectivity index is 1.90. The number of aryl methyl sites for hydroxylation is 1. The molecule has 0 aromatic carbocycles. The van der Waals surface area contributed by atoms with Crippen molar-refractivity contribution in [2.45, 2.75) is 46.6 Å². The van der Waals surface area contributed by atoms with Crippen LogP contribution in [0.25, 0.3) is 10.6 Å². The standard InChI is InChI=1S/C17H22N4OS/c1-11-19-10-15(23-11)13-9-18-8-12(20-13)14-6-5-7-21(14)16(22)17(2,3)4/h8-10,14H,5-7H2,1-4H3. The van der Waals surface area contributed by atoms with Crippen LogP contribution in [-0.2, 0) is 4.79 Å². The molecular weight excluding hydrogens is 308 g/mol. The van der Waals surface area contributed by atoms with Gasteiger partial charge < -0.3 is 4.90 Å². The van der Waals surface area contributed by atoms with Gasteiger partial charge in [-0.1, -0.05) is 20.8 Å². The zero-order valence-corrected chi connectivity index (χ0v) is 14.9. The molecule has 1 amide bonds. The van der Waals surface area contributed by atoms with Gasteiger partial charge in [0, 0.05) is 18.2 Å². The molecule has 0 saturated carbocycles. The topological polar surface area (TPSA) is 59.0 Å². The minimum absolute atomic E-state index is 0.0307. The highest BCUT2D eigenvalue weighted by Crippen LogP contribution is 2.35. The Labute approximate surface area is 140 Å². The van der Waals surface area contributed by atoms with Gasteiger partial charge >= 0.3 is 0 Å². The zero-order chi connectivity index (χ0) is 16.6. The summed E-state index contributed by atoms with van der Waals surface area (Å²) >= 11 is 1.61. The molecule has 3 rings (SSSR count). The van der Waals surface area contributed by atoms with Crippen molar-refractivity contribution in [2.75, 3.05) is 6.54 Å². The van der Waals surface area contributed by atoms with Gasteiger partial charge in [-0.15, -0.1) is 11.3 Å². The number of nitrogens with zero attached hydrogens (tertiary/aromatic N) is 4. The molecule has 3 heterocycles. The molecule has 2 aromatic heterocycles. The largest absolute Gasteiger partial charge is 0.334 e. The maximum Gasteiger partial charge on any atom is 0.228 e. The van der Waals surface area contributed by atoms with Crippen LogP contribution in [0.15, 0.2) is 18.6 Å². The lowest BCUT2D eigenvalue weighted by Crippen LogP contribution is -2.39. The maximum absolute atomic E-state index is 12.7. The number of carbonyl (C=O) groups excluding carboxylic acids is 1. The fraction of sp³-hybridized carbons (Fsp3) is 0.529. The SMILES string of the molecule is Cc1ncc(-c2cncc(C3CCCN3C(=O)C(C)(C)C)n2)s1. The Morgan fingerprint density at radius 2 is 2.09 bits per heavy atom. The number of thiazole rings is 1. The molecule has 122 valence electrons. The predicted octanol–water partition coefficient (Wildman–Crippen LogP) is 3.62. The Morgan fingerprint density at radius 1 is 1.30 bits per heavy atom. The molecule has 0 aliphatic carbocycles. The third-order valence-electron chi connectivity index (χ3n) is 4.02. The van der Waals surface area contributed by atoms with Gasteiger partial charge in [0.15, 0.2) is 0 Å². The second kappa shape index (κ2) is 6.00. The van der Waals surface area contributed by atoms with Crippen molar-refractivity contribution in [3.8, 4) is 10.6 Å². The maximum atomic E-state index is 12.7. The van der Waals surface area contributed by atoms with Crippen LogP contribution >= 0.6 is 11.3 Å². The second-order valence-electron chi connectivity index (χ2n) is 6.98. The molecule has 1 aliphatic rings. The number of hydrogen-bond donors (Lipinski definition) is 0. The third-order valence-corrected chi connectivity index (χ3v) is 4.96. The monoisotopic (exact) mass is 330 g/mol. The van der Waals surface area contributed by atoms with E-state index in [1.807, 2.05) is 38.8 Å². The fourth-order valence-corrected chi connectivity index (χ4v) is 3.62. The Kier molecular flexibility index (Phi) is 4.19. The van der Waals surface area contributed by atoms with Crippen molar-refractivity contribution in [2.24, 2.45) is 5.41 Å². The quantitative estimate of drug-likeness (QED) is 0.844. The average Bonchev–Trinajstić information content (AvgIpc) is 3.14. The summed E-state index contributed by atoms with van der Waals surface area (Å²) in [6, 6.07) is 0.0307. The van der Waals surface area contributed by atoms with E-state index in [1.165, 1.54) is 0 Å². The molecule has 5 nitrogen and oxygen atoms in total. The van der Waals surface area contributed by atoms with Gasteiger partial charge in [0.25, 0.3) is 0 Å². The zero-order valence-electron chi connectivity index (χ0n) is 14.0. The third kappa shape index (κ3) is 3.27. The smallest absolute Gasteiger partial charge is 0.228 e. The van der Waals surface area contributed by atoms with E-state index >= 15 is 0 Å². The summed E-state index contributed by atoms with van der Waals surface area (Å²) in [6.07, 6.45) is 7.35. The molecule has 2 aromatic rings. The normalized spacial score (nSPS) is 18.4. The highest BCUT2D eigenvalue weighted by atomic mass is 32.1. The first-order valence-electron chi connectivity index (χ1n) is 7.92. The van der Waals surface area contributed by atoms with Crippen molar-refractivity contribution in [3.05, 3.63) is 29.3 Å². The van der Waals surface area contributed by atoms with Crippen LogP contribution in [0, 0.1) is 12.3 Å². The summed E-state index contributed by atoms with van der Waals surface area (Å²) in [5.41, 5.74) is 1.34. The Morgan fingerprint density at radius 3 is 2.74 bits per heavy atom. The summed E-state index contributed by atoms with van der Waals surface area (Å²) in [5, 5.41) is 1.01. The molecule has 0 radical (unpaired) electrons. The summed E-state index contributed by atoms with van der Waals surface area (Å²) in [6.45, 7) is 8.67. The number of carbonyl (C=O) groups is 1. The van der Waals surface area contributed by atoms with Crippen molar-refractivity contribution < 1.29 is 4.79 Å². The number of likely N-dealkylation sites (tertiary alicyclic amines) is 1. The van der Waals surface area contributed by atoms with Gasteiger partial charge in [-0.2, -0.15) is 0 Å². The van der Waals surface area contributed by atoms with E-state index in [2.05, 4.69) is 9.97 Å². The van der Waals surface area contributed by atoms with Gasteiger partial charge in [0.2, 0.25) is 5.91 Å². The van der Waals surface area contributed by atoms with Crippen molar-refractivity contribution in [1.82, 2.24) is 19.9 Å². The van der Waals surface area contributed by atoms with E-state index in [1.54, 1.807) is 23.7 Å². The lowest BCUT2D eigenvalue weighted by molar-refractivity contribution is -0.140. The number of hydrogen-bond acceptors (Lipinski definition) is 5. The van der Waals surface area contributed by atoms with E-state index < -0.39 is 0 Å². The lowest BCUT2D eigenvalue weighted by Gasteiger charge is -2.30. The summed E-state index contributed by atoms with van der Waals surface area (Å²) in [4.78, 5) is 29.1. The highest BCUT2D eigenvalue weighted by molar-refractivity contribution is 7.15. The first-order chi connectivity index (χ1) is 10.9. The minimum atomic E-state index is -0.373. The number of amides is 1. The van der Waals surface area contributed by atoms with Crippen LogP contribution in [0.4, 0.5) is 0 Å². The average molecular weight is 330 g/mol. The van der Waals surface area contributed by atoms with Crippen LogP contribution in [0.3, 0.4) is 0 Å². The van der Waals surface area contributed by atoms with Gasteiger partial charge in [-0.05, 0) is 19.8 Å². The van der Waals surface area contributed by atoms with E-state index in [-0.39, 0.29) is 17.4 Å². The van der Waals surface area contributed by atoms with Gasteiger partial charge in [-0.3, -0.25) is 9.78 Å². The van der Waals surface area contributed by atoms with Crippen molar-refractivity contribution in [3.63, 3.8) is 0 Å². The van der Waals surface area contributed by atoms with Crippen LogP contribution in [0.5, 0.6) is 0 Å². The summed E-state index contributed by atoms with van der Waals surface area (Å²) in [7, 11) is 0. The van der Waals surface area contributed by atoms with Crippen LogP contribution in [0.2, 0.25) is 0 Å². The van der Waals surface area contributed by atoms with Gasteiger partial charge in [0.05, 0.1) is 34.0 Å². The van der Waals surface area contributed by atoms with Crippen LogP contribution in [0.1, 0.15) is 50.4 Å². The molecule has 0 spiro atoms.